The molecule has 0 unspecified atom stereocenters. The number of carbonyl (C=O) groups excluding carboxylic acids is 1. The Labute approximate surface area is 173 Å². The number of hydrogen-bond acceptors (Lipinski definition) is 2. The Bertz CT molecular complexity index is 1100. The largest absolute Gasteiger partial charge is 0.308 e. The molecule has 0 bridgehead atoms. The summed E-state index contributed by atoms with van der Waals surface area (Å²) in [6, 6.07) is 12.8. The first kappa shape index (κ1) is 18.7. The zero-order valence-corrected chi connectivity index (χ0v) is 16.3. The van der Waals surface area contributed by atoms with Crippen LogP contribution in [0.2, 0.25) is 0 Å². The predicted molar refractivity (Wildman–Crippen MR) is 111 cm³/mol. The average Bonchev–Trinajstić information content (AvgIpc) is 3.08. The number of hydrogen-bond donors (Lipinski definition) is 2. The molecule has 2 aliphatic carbocycles. The molecule has 3 aromatic rings. The first-order chi connectivity index (χ1) is 14.5. The van der Waals surface area contributed by atoms with Gasteiger partial charge in [0.2, 0.25) is 5.91 Å². The van der Waals surface area contributed by atoms with Crippen molar-refractivity contribution in [1.82, 2.24) is 10.2 Å². The van der Waals surface area contributed by atoms with Crippen molar-refractivity contribution in [1.29, 1.82) is 0 Å². The zero-order chi connectivity index (χ0) is 20.7. The normalized spacial score (nSPS) is 17.3. The summed E-state index contributed by atoms with van der Waals surface area (Å²) >= 11 is 0. The molecular formula is C24H21F2N3O. The monoisotopic (exact) mass is 405 g/mol. The number of benzene rings is 2. The van der Waals surface area contributed by atoms with E-state index in [1.807, 2.05) is 24.3 Å². The quantitative estimate of drug-likeness (QED) is 0.643. The summed E-state index contributed by atoms with van der Waals surface area (Å²) in [6.07, 6.45) is 7.19. The van der Waals surface area contributed by atoms with E-state index in [1.54, 1.807) is 12.1 Å². The van der Waals surface area contributed by atoms with E-state index in [9.17, 15) is 13.6 Å². The van der Waals surface area contributed by atoms with Gasteiger partial charge >= 0.3 is 0 Å². The number of nitrogens with one attached hydrogen (secondary N) is 2. The number of nitrogens with zero attached hydrogens (tertiary/aromatic N) is 1. The van der Waals surface area contributed by atoms with E-state index >= 15 is 0 Å². The fourth-order valence-electron chi connectivity index (χ4n) is 4.34. The Kier molecular flexibility index (Phi) is 4.50. The minimum atomic E-state index is -0.751. The van der Waals surface area contributed by atoms with Crippen molar-refractivity contribution < 1.29 is 13.6 Å². The summed E-state index contributed by atoms with van der Waals surface area (Å²) in [5.74, 6) is -0.133. The van der Waals surface area contributed by atoms with Gasteiger partial charge < -0.3 is 5.32 Å². The van der Waals surface area contributed by atoms with E-state index < -0.39 is 5.41 Å². The molecule has 0 spiro atoms. The van der Waals surface area contributed by atoms with Crippen LogP contribution in [-0.4, -0.2) is 16.1 Å². The number of rotatable bonds is 4. The van der Waals surface area contributed by atoms with Crippen LogP contribution in [0.1, 0.15) is 41.6 Å². The van der Waals surface area contributed by atoms with Crippen LogP contribution in [-0.2, 0) is 16.6 Å². The summed E-state index contributed by atoms with van der Waals surface area (Å²) in [6.45, 7) is 0. The highest BCUT2D eigenvalue weighted by molar-refractivity contribution is 5.94. The number of anilines is 1. The minimum absolute atomic E-state index is 0.00366. The van der Waals surface area contributed by atoms with Crippen molar-refractivity contribution in [3.8, 4) is 0 Å². The molecule has 5 rings (SSSR count). The lowest BCUT2D eigenvalue weighted by molar-refractivity contribution is -0.122. The molecule has 30 heavy (non-hydrogen) atoms. The van der Waals surface area contributed by atoms with Gasteiger partial charge in [0.05, 0.1) is 0 Å². The van der Waals surface area contributed by atoms with Gasteiger partial charge in [-0.05, 0) is 48.2 Å². The third-order valence-corrected chi connectivity index (χ3v) is 6.27. The Morgan fingerprint density at radius 1 is 1.07 bits per heavy atom. The molecule has 0 atom stereocenters. The van der Waals surface area contributed by atoms with Crippen LogP contribution in [0.3, 0.4) is 0 Å². The van der Waals surface area contributed by atoms with E-state index in [4.69, 9.17) is 0 Å². The Morgan fingerprint density at radius 2 is 1.73 bits per heavy atom. The number of aromatic nitrogens is 2. The molecule has 1 aromatic heterocycles. The summed E-state index contributed by atoms with van der Waals surface area (Å²) < 4.78 is 28.2. The highest BCUT2D eigenvalue weighted by Gasteiger charge is 2.37. The Balaban J connectivity index is 1.56. The molecule has 0 saturated heterocycles. The van der Waals surface area contributed by atoms with Gasteiger partial charge in [-0.25, -0.2) is 8.78 Å². The van der Waals surface area contributed by atoms with Crippen LogP contribution in [0.5, 0.6) is 0 Å². The molecule has 2 aliphatic rings. The lowest BCUT2D eigenvalue weighted by Gasteiger charge is -2.34. The van der Waals surface area contributed by atoms with Crippen LogP contribution in [0.15, 0.2) is 54.6 Å². The molecule has 1 saturated carbocycles. The van der Waals surface area contributed by atoms with Crippen LogP contribution >= 0.6 is 0 Å². The summed E-state index contributed by atoms with van der Waals surface area (Å²) in [5, 5.41) is 10.3. The van der Waals surface area contributed by atoms with Crippen molar-refractivity contribution in [2.45, 2.75) is 31.1 Å². The number of halogens is 2. The van der Waals surface area contributed by atoms with E-state index in [-0.39, 0.29) is 23.5 Å². The van der Waals surface area contributed by atoms with Gasteiger partial charge in [0, 0.05) is 29.0 Å². The summed E-state index contributed by atoms with van der Waals surface area (Å²) in [7, 11) is 0. The number of H-pyrrole nitrogens is 1. The smallest absolute Gasteiger partial charge is 0.228 e. The Hall–Kier alpha value is -3.28. The van der Waals surface area contributed by atoms with Gasteiger partial charge in [0.15, 0.2) is 5.82 Å². The number of carbonyl (C=O) groups is 1. The second-order valence-electron chi connectivity index (χ2n) is 8.08. The molecule has 6 heteroatoms. The first-order valence-electron chi connectivity index (χ1n) is 10.1. The van der Waals surface area contributed by atoms with Gasteiger partial charge in [-0.1, -0.05) is 42.8 Å². The van der Waals surface area contributed by atoms with Gasteiger partial charge in [-0.15, -0.1) is 0 Å². The predicted octanol–water partition coefficient (Wildman–Crippen LogP) is 4.98. The third kappa shape index (κ3) is 3.12. The van der Waals surface area contributed by atoms with Crippen LogP contribution in [0.4, 0.5) is 14.6 Å². The lowest BCUT2D eigenvalue weighted by atomic mass is 9.68. The second kappa shape index (κ2) is 7.20. The lowest BCUT2D eigenvalue weighted by Crippen LogP contribution is -2.31. The number of amides is 1. The standard InChI is InChI=1S/C24H21F2N3O/c25-18-8-2-6-16(12-18)24(17-7-3-9-19(26)13-17)11-10-20-21(14-24)28-29-22(20)27-23(30)15-4-1-5-15/h2-3,6-13,15H,1,4-5,14H2,(H2,27,28,29,30). The maximum Gasteiger partial charge on any atom is 0.228 e. The van der Waals surface area contributed by atoms with Crippen LogP contribution in [0.25, 0.3) is 6.08 Å². The molecule has 2 N–H and O–H groups in total. The van der Waals surface area contributed by atoms with E-state index in [2.05, 4.69) is 15.5 Å². The number of allylic oxidation sites excluding steroid dienone is 1. The fourth-order valence-corrected chi connectivity index (χ4v) is 4.34. The van der Waals surface area contributed by atoms with Crippen LogP contribution in [0, 0.1) is 17.6 Å². The SMILES string of the molecule is O=C(Nc1n[nH]c2c1C=CC(c1cccc(F)c1)(c1cccc(F)c1)C2)C1CCC1. The van der Waals surface area contributed by atoms with Crippen molar-refractivity contribution in [3.05, 3.63) is 88.6 Å². The maximum absolute atomic E-state index is 14.1. The van der Waals surface area contributed by atoms with Gasteiger partial charge in [0.25, 0.3) is 0 Å². The van der Waals surface area contributed by atoms with Crippen molar-refractivity contribution in [3.63, 3.8) is 0 Å². The molecule has 1 amide bonds. The van der Waals surface area contributed by atoms with Crippen molar-refractivity contribution in [2.75, 3.05) is 5.32 Å². The van der Waals surface area contributed by atoms with E-state index in [1.165, 1.54) is 24.3 Å². The summed E-state index contributed by atoms with van der Waals surface area (Å²) in [5.41, 5.74) is 2.33. The highest BCUT2D eigenvalue weighted by Crippen LogP contribution is 2.43. The molecule has 152 valence electrons. The second-order valence-corrected chi connectivity index (χ2v) is 8.08. The molecule has 0 aliphatic heterocycles. The van der Waals surface area contributed by atoms with Crippen LogP contribution < -0.4 is 5.32 Å². The minimum Gasteiger partial charge on any atom is -0.308 e. The molecule has 2 aromatic carbocycles. The number of aromatic amines is 1. The fraction of sp³-hybridized carbons (Fsp3) is 0.250. The molecule has 0 radical (unpaired) electrons. The van der Waals surface area contributed by atoms with Crippen molar-refractivity contribution in [2.24, 2.45) is 5.92 Å². The zero-order valence-electron chi connectivity index (χ0n) is 16.3. The van der Waals surface area contributed by atoms with Gasteiger partial charge in [0.1, 0.15) is 11.6 Å². The van der Waals surface area contributed by atoms with E-state index in [0.29, 0.717) is 12.2 Å². The molecule has 4 nitrogen and oxygen atoms in total. The van der Waals surface area contributed by atoms with Gasteiger partial charge in [-0.2, -0.15) is 5.10 Å². The topological polar surface area (TPSA) is 57.8 Å². The van der Waals surface area contributed by atoms with Gasteiger partial charge in [-0.3, -0.25) is 9.89 Å². The molecule has 1 heterocycles. The number of fused-ring (bicyclic) bond motifs is 1. The van der Waals surface area contributed by atoms with E-state index in [0.717, 1.165) is 41.6 Å². The maximum atomic E-state index is 14.1. The third-order valence-electron chi connectivity index (χ3n) is 6.27. The molecule has 1 fully saturated rings. The molecular weight excluding hydrogens is 384 g/mol. The average molecular weight is 405 g/mol. The summed E-state index contributed by atoms with van der Waals surface area (Å²) in [4.78, 5) is 12.4. The van der Waals surface area contributed by atoms with Crippen molar-refractivity contribution >= 4 is 17.8 Å². The first-order valence-corrected chi connectivity index (χ1v) is 10.1. The highest BCUT2D eigenvalue weighted by atomic mass is 19.1. The Morgan fingerprint density at radius 3 is 2.30 bits per heavy atom.